The lowest BCUT2D eigenvalue weighted by Gasteiger charge is -2.33. The minimum absolute atomic E-state index is 0.0462. The Bertz CT molecular complexity index is 1460. The van der Waals surface area contributed by atoms with Gasteiger partial charge >= 0.3 is 6.18 Å². The fraction of sp³-hybridized carbons (Fsp3) is 0.375. The number of nitrogens with one attached hydrogen (secondary N) is 2. The SMILES string of the molecule is O=C(NC1CCN(CCCCC2(C(=O)NCC(F)(F)F)c3ccccc3-c3ccccc32)CC1)c1cccc([N+](=O)[O-])c1. The number of fused-ring (bicyclic) bond motifs is 3. The summed E-state index contributed by atoms with van der Waals surface area (Å²) in [6.45, 7) is 0.880. The van der Waals surface area contributed by atoms with Crippen LogP contribution in [-0.4, -0.2) is 60.0 Å². The number of alkyl halides is 3. The first-order valence-corrected chi connectivity index (χ1v) is 14.4. The highest BCUT2D eigenvalue weighted by Crippen LogP contribution is 2.51. The fourth-order valence-corrected chi connectivity index (χ4v) is 6.34. The van der Waals surface area contributed by atoms with Crippen LogP contribution in [-0.2, 0) is 10.2 Å². The lowest BCUT2D eigenvalue weighted by molar-refractivity contribution is -0.384. The molecule has 0 spiro atoms. The predicted molar refractivity (Wildman–Crippen MR) is 156 cm³/mol. The number of non-ortho nitro benzene ring substituents is 1. The maximum absolute atomic E-state index is 13.6. The van der Waals surface area contributed by atoms with Gasteiger partial charge in [-0.25, -0.2) is 0 Å². The molecule has 0 bridgehead atoms. The molecule has 1 saturated heterocycles. The van der Waals surface area contributed by atoms with Crippen LogP contribution < -0.4 is 10.6 Å². The van der Waals surface area contributed by atoms with E-state index in [0.29, 0.717) is 12.8 Å². The van der Waals surface area contributed by atoms with E-state index in [9.17, 15) is 32.9 Å². The van der Waals surface area contributed by atoms with Gasteiger partial charge in [0.05, 0.1) is 4.92 Å². The molecule has 2 aliphatic rings. The van der Waals surface area contributed by atoms with E-state index in [1.807, 2.05) is 48.5 Å². The van der Waals surface area contributed by atoms with Crippen LogP contribution >= 0.6 is 0 Å². The maximum atomic E-state index is 13.6. The van der Waals surface area contributed by atoms with Crippen molar-refractivity contribution in [1.29, 1.82) is 0 Å². The monoisotopic (exact) mass is 594 g/mol. The molecule has 226 valence electrons. The number of unbranched alkanes of at least 4 members (excludes halogenated alkanes) is 1. The summed E-state index contributed by atoms with van der Waals surface area (Å²) in [4.78, 5) is 39.0. The lowest BCUT2D eigenvalue weighted by atomic mass is 9.73. The Kier molecular flexibility index (Phi) is 8.82. The number of halogens is 3. The van der Waals surface area contributed by atoms with Crippen LogP contribution in [0.1, 0.15) is 53.6 Å². The van der Waals surface area contributed by atoms with Gasteiger partial charge in [0.2, 0.25) is 5.91 Å². The average Bonchev–Trinajstić information content (AvgIpc) is 3.29. The molecule has 2 N–H and O–H groups in total. The summed E-state index contributed by atoms with van der Waals surface area (Å²) in [6, 6.07) is 20.5. The molecular formula is C32H33F3N4O4. The van der Waals surface area contributed by atoms with Crippen molar-refractivity contribution in [3.05, 3.63) is 99.6 Å². The minimum Gasteiger partial charge on any atom is -0.349 e. The van der Waals surface area contributed by atoms with Gasteiger partial charge in [-0.05, 0) is 60.5 Å². The predicted octanol–water partition coefficient (Wildman–Crippen LogP) is 5.60. The van der Waals surface area contributed by atoms with Gasteiger partial charge in [-0.1, -0.05) is 61.0 Å². The standard InChI is InChI=1S/C32H33F3N4O4/c33-32(34,35)21-36-30(41)31(27-12-3-1-10-25(27)26-11-2-4-13-28(26)31)16-5-6-17-38-18-14-23(15-19-38)37-29(40)22-8-7-9-24(20-22)39(42)43/h1-4,7-13,20,23H,5-6,14-19,21H2,(H,36,41)(H,37,40). The average molecular weight is 595 g/mol. The number of carbonyl (C=O) groups excluding carboxylic acids is 2. The number of nitro benzene ring substituents is 1. The number of carbonyl (C=O) groups is 2. The Balaban J connectivity index is 1.19. The second kappa shape index (κ2) is 12.5. The van der Waals surface area contributed by atoms with Crippen molar-refractivity contribution in [3.63, 3.8) is 0 Å². The van der Waals surface area contributed by atoms with Crippen LogP contribution in [0.5, 0.6) is 0 Å². The molecule has 1 aliphatic carbocycles. The molecule has 0 unspecified atom stereocenters. The second-order valence-electron chi connectivity index (χ2n) is 11.1. The van der Waals surface area contributed by atoms with E-state index in [4.69, 9.17) is 0 Å². The van der Waals surface area contributed by atoms with Gasteiger partial charge in [-0.2, -0.15) is 13.2 Å². The number of amides is 2. The number of hydrogen-bond donors (Lipinski definition) is 2. The van der Waals surface area contributed by atoms with E-state index in [-0.39, 0.29) is 23.2 Å². The number of benzene rings is 3. The zero-order valence-electron chi connectivity index (χ0n) is 23.5. The second-order valence-corrected chi connectivity index (χ2v) is 11.1. The van der Waals surface area contributed by atoms with E-state index in [0.717, 1.165) is 61.2 Å². The van der Waals surface area contributed by atoms with E-state index in [1.165, 1.54) is 18.2 Å². The molecule has 0 aromatic heterocycles. The molecule has 8 nitrogen and oxygen atoms in total. The van der Waals surface area contributed by atoms with E-state index < -0.39 is 29.0 Å². The Hall–Kier alpha value is -4.25. The molecule has 0 radical (unpaired) electrons. The Morgan fingerprint density at radius 1 is 0.930 bits per heavy atom. The largest absolute Gasteiger partial charge is 0.405 e. The summed E-state index contributed by atoms with van der Waals surface area (Å²) >= 11 is 0. The van der Waals surface area contributed by atoms with Crippen molar-refractivity contribution in [2.75, 3.05) is 26.2 Å². The van der Waals surface area contributed by atoms with Gasteiger partial charge < -0.3 is 15.5 Å². The number of piperidine rings is 1. The molecule has 11 heteroatoms. The van der Waals surface area contributed by atoms with Crippen molar-refractivity contribution in [1.82, 2.24) is 15.5 Å². The maximum Gasteiger partial charge on any atom is 0.405 e. The Morgan fingerprint density at radius 2 is 1.56 bits per heavy atom. The van der Waals surface area contributed by atoms with Crippen LogP contribution in [0.3, 0.4) is 0 Å². The zero-order chi connectivity index (χ0) is 30.6. The summed E-state index contributed by atoms with van der Waals surface area (Å²) in [5.74, 6) is -0.976. The van der Waals surface area contributed by atoms with E-state index in [2.05, 4.69) is 15.5 Å². The first-order valence-electron chi connectivity index (χ1n) is 14.4. The first-order chi connectivity index (χ1) is 20.6. The molecule has 0 saturated carbocycles. The van der Waals surface area contributed by atoms with E-state index in [1.54, 1.807) is 6.07 Å². The number of rotatable bonds is 10. The van der Waals surface area contributed by atoms with Gasteiger partial charge in [0.15, 0.2) is 0 Å². The molecular weight excluding hydrogens is 561 g/mol. The van der Waals surface area contributed by atoms with Crippen LogP contribution in [0.4, 0.5) is 18.9 Å². The molecule has 3 aromatic carbocycles. The summed E-state index contributed by atoms with van der Waals surface area (Å²) in [5.41, 5.74) is 2.12. The number of hydrogen-bond acceptors (Lipinski definition) is 5. The third-order valence-corrected chi connectivity index (χ3v) is 8.42. The van der Waals surface area contributed by atoms with Crippen molar-refractivity contribution < 1.29 is 27.7 Å². The summed E-state index contributed by atoms with van der Waals surface area (Å²) in [6.07, 6.45) is -1.30. The highest BCUT2D eigenvalue weighted by Gasteiger charge is 2.49. The van der Waals surface area contributed by atoms with Gasteiger partial charge in [-0.15, -0.1) is 0 Å². The number of nitrogens with zero attached hydrogens (tertiary/aromatic N) is 2. The molecule has 2 amide bonds. The quantitative estimate of drug-likeness (QED) is 0.181. The molecule has 1 heterocycles. The van der Waals surface area contributed by atoms with Gasteiger partial charge in [-0.3, -0.25) is 19.7 Å². The first kappa shape index (κ1) is 30.2. The Labute approximate surface area is 247 Å². The fourth-order valence-electron chi connectivity index (χ4n) is 6.34. The molecule has 1 aliphatic heterocycles. The van der Waals surface area contributed by atoms with Crippen molar-refractivity contribution in [2.45, 2.75) is 49.7 Å². The molecule has 5 rings (SSSR count). The lowest BCUT2D eigenvalue weighted by Crippen LogP contribution is -2.47. The van der Waals surface area contributed by atoms with Crippen molar-refractivity contribution >= 4 is 17.5 Å². The van der Waals surface area contributed by atoms with Gasteiger partial charge in [0, 0.05) is 36.8 Å². The van der Waals surface area contributed by atoms with Crippen molar-refractivity contribution in [2.24, 2.45) is 0 Å². The highest BCUT2D eigenvalue weighted by molar-refractivity contribution is 6.00. The molecule has 43 heavy (non-hydrogen) atoms. The molecule has 1 fully saturated rings. The smallest absolute Gasteiger partial charge is 0.349 e. The normalized spacial score (nSPS) is 16.3. The van der Waals surface area contributed by atoms with Crippen LogP contribution in [0.2, 0.25) is 0 Å². The van der Waals surface area contributed by atoms with Crippen LogP contribution in [0, 0.1) is 10.1 Å². The van der Waals surface area contributed by atoms with Crippen LogP contribution in [0.25, 0.3) is 11.1 Å². The van der Waals surface area contributed by atoms with Crippen LogP contribution in [0.15, 0.2) is 72.8 Å². The third-order valence-electron chi connectivity index (χ3n) is 8.42. The number of likely N-dealkylation sites (tertiary alicyclic amines) is 1. The Morgan fingerprint density at radius 3 is 2.16 bits per heavy atom. The minimum atomic E-state index is -4.51. The van der Waals surface area contributed by atoms with Crippen molar-refractivity contribution in [3.8, 4) is 11.1 Å². The van der Waals surface area contributed by atoms with Gasteiger partial charge in [0.1, 0.15) is 12.0 Å². The highest BCUT2D eigenvalue weighted by atomic mass is 19.4. The summed E-state index contributed by atoms with van der Waals surface area (Å²) in [7, 11) is 0. The summed E-state index contributed by atoms with van der Waals surface area (Å²) < 4.78 is 39.3. The third kappa shape index (κ3) is 6.56. The number of nitro groups is 1. The van der Waals surface area contributed by atoms with Gasteiger partial charge in [0.25, 0.3) is 11.6 Å². The zero-order valence-corrected chi connectivity index (χ0v) is 23.5. The topological polar surface area (TPSA) is 105 Å². The molecule has 3 aromatic rings. The molecule has 0 atom stereocenters. The summed E-state index contributed by atoms with van der Waals surface area (Å²) in [5, 5.41) is 16.2. The van der Waals surface area contributed by atoms with E-state index >= 15 is 0 Å².